The first-order valence-electron chi connectivity index (χ1n) is 10.6. The topological polar surface area (TPSA) is 59.4 Å². The first-order valence-corrected chi connectivity index (χ1v) is 10.6. The Morgan fingerprint density at radius 2 is 1.79 bits per heavy atom. The number of piperazine rings is 1. The predicted molar refractivity (Wildman–Crippen MR) is 136 cm³/mol. The molecule has 0 saturated carbocycles. The second kappa shape index (κ2) is 10.9. The molecule has 4 aromatic rings. The van der Waals surface area contributed by atoms with Crippen molar-refractivity contribution in [1.29, 1.82) is 0 Å². The second-order valence-corrected chi connectivity index (χ2v) is 7.80. The van der Waals surface area contributed by atoms with Crippen molar-refractivity contribution in [1.82, 2.24) is 19.8 Å². The average Bonchev–Trinajstić information content (AvgIpc) is 3.15. The molecular weight excluding hydrogens is 478 g/mol. The highest BCUT2D eigenvalue weighted by Crippen LogP contribution is 2.39. The molecule has 5 rings (SSSR count). The lowest BCUT2D eigenvalue weighted by molar-refractivity contribution is 0.0735. The third-order valence-corrected chi connectivity index (χ3v) is 5.72. The largest absolute Gasteiger partial charge is 0.439 e. The molecule has 34 heavy (non-hydrogen) atoms. The molecule has 0 unspecified atom stereocenters. The van der Waals surface area contributed by atoms with Gasteiger partial charge >= 0.3 is 0 Å². The highest BCUT2D eigenvalue weighted by atomic mass is 35.5. The summed E-state index contributed by atoms with van der Waals surface area (Å²) in [6.07, 6.45) is 3.39. The monoisotopic (exact) mass is 502 g/mol. The van der Waals surface area contributed by atoms with Gasteiger partial charge in [0.1, 0.15) is 17.1 Å². The van der Waals surface area contributed by atoms with Crippen LogP contribution in [0.25, 0.3) is 16.6 Å². The maximum absolute atomic E-state index is 14.0. The molecule has 6 nitrogen and oxygen atoms in total. The number of hydrogen-bond donors (Lipinski definition) is 1. The van der Waals surface area contributed by atoms with Gasteiger partial charge in [0.25, 0.3) is 5.91 Å². The minimum absolute atomic E-state index is 0. The fourth-order valence-electron chi connectivity index (χ4n) is 4.06. The third kappa shape index (κ3) is 4.73. The number of para-hydroxylation sites is 1. The Bertz CT molecular complexity index is 1290. The van der Waals surface area contributed by atoms with E-state index in [0.717, 1.165) is 35.2 Å². The van der Waals surface area contributed by atoms with Gasteiger partial charge in [-0.25, -0.2) is 4.39 Å². The van der Waals surface area contributed by atoms with Crippen molar-refractivity contribution < 1.29 is 13.9 Å². The molecule has 2 aromatic carbocycles. The van der Waals surface area contributed by atoms with Crippen LogP contribution in [0, 0.1) is 12.7 Å². The van der Waals surface area contributed by atoms with E-state index in [1.165, 1.54) is 12.1 Å². The number of halogens is 3. The normalized spacial score (nSPS) is 13.2. The summed E-state index contributed by atoms with van der Waals surface area (Å²) in [7, 11) is 0. The Morgan fingerprint density at radius 1 is 1.06 bits per heavy atom. The molecule has 1 aliphatic heterocycles. The molecular formula is C25H25Cl2FN4O2. The quantitative estimate of drug-likeness (QED) is 0.419. The van der Waals surface area contributed by atoms with Gasteiger partial charge in [-0.15, -0.1) is 24.8 Å². The number of aromatic nitrogens is 2. The number of hydrogen-bond acceptors (Lipinski definition) is 4. The fourth-order valence-corrected chi connectivity index (χ4v) is 4.06. The summed E-state index contributed by atoms with van der Waals surface area (Å²) >= 11 is 0. The van der Waals surface area contributed by atoms with Crippen molar-refractivity contribution in [3.05, 3.63) is 83.9 Å². The van der Waals surface area contributed by atoms with Crippen LogP contribution in [-0.4, -0.2) is 46.5 Å². The van der Waals surface area contributed by atoms with Crippen LogP contribution in [-0.2, 0) is 0 Å². The summed E-state index contributed by atoms with van der Waals surface area (Å²) in [5.74, 6) is 0.217. The van der Waals surface area contributed by atoms with E-state index in [2.05, 4.69) is 10.3 Å². The number of nitrogens with one attached hydrogen (secondary N) is 1. The molecule has 0 radical (unpaired) electrons. The van der Waals surface area contributed by atoms with Gasteiger partial charge in [-0.1, -0.05) is 24.3 Å². The molecule has 0 spiro atoms. The number of fused-ring (bicyclic) bond motifs is 1. The minimum atomic E-state index is -0.398. The van der Waals surface area contributed by atoms with Crippen LogP contribution in [0.4, 0.5) is 4.39 Å². The zero-order valence-corrected chi connectivity index (χ0v) is 20.2. The van der Waals surface area contributed by atoms with E-state index in [9.17, 15) is 9.18 Å². The standard InChI is InChI=1S/C25H23FN4O2.2ClH/c1-17-7-8-18(26)15-22(17)32-25-23(24(31)29-13-11-27-12-14-29)20-9-10-28-16-21(20)30(25)19-5-3-2-4-6-19;;/h2-10,15-16,27H,11-14H2,1H3;2*1H. The Kier molecular flexibility index (Phi) is 8.15. The zero-order chi connectivity index (χ0) is 22.1. The van der Waals surface area contributed by atoms with Crippen LogP contribution in [0.15, 0.2) is 67.0 Å². The van der Waals surface area contributed by atoms with Crippen LogP contribution < -0.4 is 10.1 Å². The molecule has 9 heteroatoms. The molecule has 1 aliphatic rings. The van der Waals surface area contributed by atoms with Gasteiger partial charge in [0.2, 0.25) is 5.88 Å². The SMILES string of the molecule is Cc1ccc(F)cc1Oc1c(C(=O)N2CCNCC2)c2ccncc2n1-c1ccccc1.Cl.Cl. The van der Waals surface area contributed by atoms with Crippen LogP contribution in [0.3, 0.4) is 0 Å². The van der Waals surface area contributed by atoms with Gasteiger partial charge in [0.15, 0.2) is 0 Å². The highest BCUT2D eigenvalue weighted by molar-refractivity contribution is 6.10. The first-order chi connectivity index (χ1) is 15.6. The summed E-state index contributed by atoms with van der Waals surface area (Å²) in [6, 6.07) is 15.9. The second-order valence-electron chi connectivity index (χ2n) is 7.80. The fraction of sp³-hybridized carbons (Fsp3) is 0.200. The lowest BCUT2D eigenvalue weighted by Gasteiger charge is -2.27. The molecule has 1 N–H and O–H groups in total. The van der Waals surface area contributed by atoms with Gasteiger partial charge in [0, 0.05) is 49.5 Å². The first kappa shape index (κ1) is 25.5. The molecule has 2 aromatic heterocycles. The molecule has 1 saturated heterocycles. The Hall–Kier alpha value is -3.13. The summed E-state index contributed by atoms with van der Waals surface area (Å²) < 4.78 is 22.3. The van der Waals surface area contributed by atoms with Crippen molar-refractivity contribution in [3.63, 3.8) is 0 Å². The average molecular weight is 503 g/mol. The predicted octanol–water partition coefficient (Wildman–Crippen LogP) is 5.15. The van der Waals surface area contributed by atoms with E-state index in [-0.39, 0.29) is 30.7 Å². The van der Waals surface area contributed by atoms with Gasteiger partial charge in [-0.3, -0.25) is 14.3 Å². The Morgan fingerprint density at radius 3 is 2.53 bits per heavy atom. The Labute approximate surface area is 209 Å². The number of aryl methyl sites for hydroxylation is 1. The van der Waals surface area contributed by atoms with E-state index in [1.54, 1.807) is 18.5 Å². The van der Waals surface area contributed by atoms with Crippen LogP contribution >= 0.6 is 24.8 Å². The molecule has 0 bridgehead atoms. The van der Waals surface area contributed by atoms with Gasteiger partial charge in [0.05, 0.1) is 11.7 Å². The number of amides is 1. The highest BCUT2D eigenvalue weighted by Gasteiger charge is 2.29. The molecule has 0 atom stereocenters. The molecule has 0 aliphatic carbocycles. The van der Waals surface area contributed by atoms with E-state index in [1.807, 2.05) is 52.8 Å². The van der Waals surface area contributed by atoms with Gasteiger partial charge < -0.3 is 15.0 Å². The van der Waals surface area contributed by atoms with Crippen LogP contribution in [0.2, 0.25) is 0 Å². The molecule has 1 amide bonds. The minimum Gasteiger partial charge on any atom is -0.439 e. The van der Waals surface area contributed by atoms with E-state index >= 15 is 0 Å². The Balaban J connectivity index is 0.00000162. The zero-order valence-electron chi connectivity index (χ0n) is 18.5. The lowest BCUT2D eigenvalue weighted by atomic mass is 10.1. The van der Waals surface area contributed by atoms with E-state index in [0.29, 0.717) is 30.3 Å². The number of rotatable bonds is 4. The third-order valence-electron chi connectivity index (χ3n) is 5.72. The number of pyridine rings is 1. The van der Waals surface area contributed by atoms with Crippen molar-refractivity contribution in [2.75, 3.05) is 26.2 Å². The lowest BCUT2D eigenvalue weighted by Crippen LogP contribution is -2.46. The van der Waals surface area contributed by atoms with Crippen molar-refractivity contribution in [2.45, 2.75) is 6.92 Å². The van der Waals surface area contributed by atoms with Crippen LogP contribution in [0.5, 0.6) is 11.6 Å². The van der Waals surface area contributed by atoms with Gasteiger partial charge in [-0.2, -0.15) is 0 Å². The van der Waals surface area contributed by atoms with Gasteiger partial charge in [-0.05, 0) is 36.8 Å². The van der Waals surface area contributed by atoms with Crippen LogP contribution in [0.1, 0.15) is 15.9 Å². The number of carbonyl (C=O) groups excluding carboxylic acids is 1. The van der Waals surface area contributed by atoms with E-state index < -0.39 is 5.82 Å². The maximum Gasteiger partial charge on any atom is 0.260 e. The number of ether oxygens (including phenoxy) is 1. The van der Waals surface area contributed by atoms with Crippen molar-refractivity contribution in [2.24, 2.45) is 0 Å². The smallest absolute Gasteiger partial charge is 0.260 e. The van der Waals surface area contributed by atoms with Crippen molar-refractivity contribution in [3.8, 4) is 17.3 Å². The summed E-state index contributed by atoms with van der Waals surface area (Å²) in [4.78, 5) is 19.9. The summed E-state index contributed by atoms with van der Waals surface area (Å²) in [5.41, 5.74) is 2.81. The summed E-state index contributed by atoms with van der Waals surface area (Å²) in [5, 5.41) is 4.02. The molecule has 1 fully saturated rings. The number of benzene rings is 2. The maximum atomic E-state index is 14.0. The molecule has 178 valence electrons. The van der Waals surface area contributed by atoms with Crippen molar-refractivity contribution >= 4 is 41.6 Å². The number of nitrogens with zero attached hydrogens (tertiary/aromatic N) is 3. The van der Waals surface area contributed by atoms with E-state index in [4.69, 9.17) is 4.74 Å². The molecule has 3 heterocycles. The summed E-state index contributed by atoms with van der Waals surface area (Å²) in [6.45, 7) is 4.55. The number of carbonyl (C=O) groups is 1.